The van der Waals surface area contributed by atoms with Crippen LogP contribution in [0.25, 0.3) is 0 Å². The predicted molar refractivity (Wildman–Crippen MR) is 61.4 cm³/mol. The Labute approximate surface area is 95.1 Å². The zero-order valence-corrected chi connectivity index (χ0v) is 9.17. The van der Waals surface area contributed by atoms with Crippen molar-refractivity contribution in [3.05, 3.63) is 29.8 Å². The fourth-order valence-electron chi connectivity index (χ4n) is 2.05. The maximum atomic E-state index is 9.30. The third-order valence-electron chi connectivity index (χ3n) is 2.91. The smallest absolute Gasteiger partial charge is 0.0755 e. The number of para-hydroxylation sites is 1. The van der Waals surface area contributed by atoms with Crippen molar-refractivity contribution in [2.24, 2.45) is 0 Å². The molecule has 1 atom stereocenters. The van der Waals surface area contributed by atoms with E-state index in [1.54, 1.807) is 0 Å². The molecule has 4 nitrogen and oxygen atoms in total. The molecule has 0 aliphatic carbocycles. The first-order valence-corrected chi connectivity index (χ1v) is 5.51. The number of aliphatic hydroxyl groups is 2. The second-order valence-electron chi connectivity index (χ2n) is 3.89. The Morgan fingerprint density at radius 2 is 2.12 bits per heavy atom. The van der Waals surface area contributed by atoms with Gasteiger partial charge in [0.05, 0.1) is 32.5 Å². The van der Waals surface area contributed by atoms with Gasteiger partial charge in [-0.1, -0.05) is 18.2 Å². The van der Waals surface area contributed by atoms with E-state index in [1.807, 2.05) is 24.3 Å². The van der Waals surface area contributed by atoms with E-state index < -0.39 is 0 Å². The molecule has 0 spiro atoms. The van der Waals surface area contributed by atoms with Crippen molar-refractivity contribution in [3.63, 3.8) is 0 Å². The van der Waals surface area contributed by atoms with Crippen LogP contribution < -0.4 is 4.90 Å². The molecule has 0 saturated carbocycles. The number of ether oxygens (including phenoxy) is 1. The molecule has 1 saturated heterocycles. The lowest BCUT2D eigenvalue weighted by Crippen LogP contribution is -2.48. The lowest BCUT2D eigenvalue weighted by atomic mass is 10.1. The van der Waals surface area contributed by atoms with Crippen LogP contribution in [0.1, 0.15) is 5.56 Å². The number of anilines is 1. The summed E-state index contributed by atoms with van der Waals surface area (Å²) in [6.07, 6.45) is 0. The highest BCUT2D eigenvalue weighted by atomic mass is 16.5. The number of aliphatic hydroxyl groups excluding tert-OH is 2. The van der Waals surface area contributed by atoms with E-state index in [0.717, 1.165) is 17.8 Å². The molecule has 2 rings (SSSR count). The molecule has 0 aromatic heterocycles. The summed E-state index contributed by atoms with van der Waals surface area (Å²) in [4.78, 5) is 2.11. The first-order chi connectivity index (χ1) is 7.86. The largest absolute Gasteiger partial charge is 0.394 e. The number of rotatable bonds is 3. The molecule has 1 aliphatic heterocycles. The molecule has 0 bridgehead atoms. The van der Waals surface area contributed by atoms with Gasteiger partial charge >= 0.3 is 0 Å². The monoisotopic (exact) mass is 223 g/mol. The van der Waals surface area contributed by atoms with Crippen LogP contribution in [0.3, 0.4) is 0 Å². The summed E-state index contributed by atoms with van der Waals surface area (Å²) in [5.41, 5.74) is 1.88. The first kappa shape index (κ1) is 11.4. The van der Waals surface area contributed by atoms with E-state index >= 15 is 0 Å². The summed E-state index contributed by atoms with van der Waals surface area (Å²) < 4.78 is 5.33. The number of benzene rings is 1. The van der Waals surface area contributed by atoms with Crippen LogP contribution >= 0.6 is 0 Å². The third-order valence-corrected chi connectivity index (χ3v) is 2.91. The fraction of sp³-hybridized carbons (Fsp3) is 0.500. The Morgan fingerprint density at radius 1 is 1.31 bits per heavy atom. The summed E-state index contributed by atoms with van der Waals surface area (Å²) in [5, 5.41) is 18.6. The van der Waals surface area contributed by atoms with Crippen molar-refractivity contribution in [2.75, 3.05) is 31.3 Å². The third kappa shape index (κ3) is 2.19. The zero-order chi connectivity index (χ0) is 11.4. The number of nitrogens with zero attached hydrogens (tertiary/aromatic N) is 1. The number of hydrogen-bond acceptors (Lipinski definition) is 4. The van der Waals surface area contributed by atoms with Crippen LogP contribution in [0.2, 0.25) is 0 Å². The summed E-state index contributed by atoms with van der Waals surface area (Å²) in [5.74, 6) is 0. The Kier molecular flexibility index (Phi) is 3.77. The van der Waals surface area contributed by atoms with Crippen LogP contribution in [0.5, 0.6) is 0 Å². The van der Waals surface area contributed by atoms with Crippen molar-refractivity contribution in [3.8, 4) is 0 Å². The highest BCUT2D eigenvalue weighted by molar-refractivity contribution is 5.54. The van der Waals surface area contributed by atoms with E-state index in [1.165, 1.54) is 0 Å². The predicted octanol–water partition coefficient (Wildman–Crippen LogP) is 0.376. The zero-order valence-electron chi connectivity index (χ0n) is 9.17. The van der Waals surface area contributed by atoms with Gasteiger partial charge in [-0.05, 0) is 6.07 Å². The molecule has 1 unspecified atom stereocenters. The summed E-state index contributed by atoms with van der Waals surface area (Å²) >= 11 is 0. The van der Waals surface area contributed by atoms with Crippen molar-refractivity contribution in [1.29, 1.82) is 0 Å². The minimum absolute atomic E-state index is 0.0125. The van der Waals surface area contributed by atoms with E-state index in [9.17, 15) is 10.2 Å². The molecule has 1 heterocycles. The molecule has 0 amide bonds. The van der Waals surface area contributed by atoms with Crippen molar-refractivity contribution >= 4 is 5.69 Å². The SMILES string of the molecule is OCc1ccccc1N1CCOCC1CO. The molecular weight excluding hydrogens is 206 g/mol. The Bertz CT molecular complexity index is 343. The normalized spacial score (nSPS) is 21.1. The van der Waals surface area contributed by atoms with E-state index in [0.29, 0.717) is 13.2 Å². The summed E-state index contributed by atoms with van der Waals surface area (Å²) in [6.45, 7) is 2.04. The standard InChI is InChI=1S/C12H17NO3/c14-7-10-3-1-2-4-12(10)13-5-6-16-9-11(13)8-15/h1-4,11,14-15H,5-9H2. The molecule has 0 radical (unpaired) electrons. The minimum Gasteiger partial charge on any atom is -0.394 e. The quantitative estimate of drug-likeness (QED) is 0.777. The van der Waals surface area contributed by atoms with Crippen LogP contribution in [0.15, 0.2) is 24.3 Å². The average Bonchev–Trinajstić information content (AvgIpc) is 2.38. The highest BCUT2D eigenvalue weighted by Gasteiger charge is 2.23. The van der Waals surface area contributed by atoms with Gasteiger partial charge in [0.1, 0.15) is 0 Å². The summed E-state index contributed by atoms with van der Waals surface area (Å²) in [6, 6.07) is 7.71. The van der Waals surface area contributed by atoms with Gasteiger partial charge in [-0.25, -0.2) is 0 Å². The second-order valence-corrected chi connectivity index (χ2v) is 3.89. The topological polar surface area (TPSA) is 52.9 Å². The Hall–Kier alpha value is -1.10. The molecule has 1 aromatic rings. The number of hydrogen-bond donors (Lipinski definition) is 2. The molecule has 16 heavy (non-hydrogen) atoms. The molecule has 2 N–H and O–H groups in total. The van der Waals surface area contributed by atoms with Gasteiger partial charge in [-0.3, -0.25) is 0 Å². The Balaban J connectivity index is 2.26. The minimum atomic E-state index is -0.0125. The van der Waals surface area contributed by atoms with Gasteiger partial charge in [0.2, 0.25) is 0 Å². The molecule has 1 fully saturated rings. The van der Waals surface area contributed by atoms with Crippen molar-refractivity contribution in [2.45, 2.75) is 12.6 Å². The fourth-order valence-corrected chi connectivity index (χ4v) is 2.05. The molecule has 1 aromatic carbocycles. The van der Waals surface area contributed by atoms with Gasteiger partial charge in [0, 0.05) is 17.8 Å². The number of morpholine rings is 1. The van der Waals surface area contributed by atoms with Crippen molar-refractivity contribution < 1.29 is 14.9 Å². The maximum absolute atomic E-state index is 9.30. The van der Waals surface area contributed by atoms with Crippen LogP contribution in [0.4, 0.5) is 5.69 Å². The summed E-state index contributed by atoms with van der Waals surface area (Å²) in [7, 11) is 0. The van der Waals surface area contributed by atoms with Gasteiger partial charge in [0.15, 0.2) is 0 Å². The van der Waals surface area contributed by atoms with E-state index in [-0.39, 0.29) is 19.3 Å². The van der Waals surface area contributed by atoms with E-state index in [4.69, 9.17) is 4.74 Å². The van der Waals surface area contributed by atoms with Gasteiger partial charge in [0.25, 0.3) is 0 Å². The van der Waals surface area contributed by atoms with E-state index in [2.05, 4.69) is 4.90 Å². The molecular formula is C12H17NO3. The van der Waals surface area contributed by atoms with Crippen LogP contribution in [0, 0.1) is 0 Å². The van der Waals surface area contributed by atoms with Crippen molar-refractivity contribution in [1.82, 2.24) is 0 Å². The second kappa shape index (κ2) is 5.30. The van der Waals surface area contributed by atoms with Gasteiger partial charge in [-0.2, -0.15) is 0 Å². The van der Waals surface area contributed by atoms with Crippen LogP contribution in [-0.4, -0.2) is 42.6 Å². The Morgan fingerprint density at radius 3 is 2.88 bits per heavy atom. The first-order valence-electron chi connectivity index (χ1n) is 5.51. The van der Waals surface area contributed by atoms with Crippen LogP contribution in [-0.2, 0) is 11.3 Å². The van der Waals surface area contributed by atoms with Gasteiger partial charge < -0.3 is 19.8 Å². The molecule has 4 heteroatoms. The lowest BCUT2D eigenvalue weighted by Gasteiger charge is -2.37. The lowest BCUT2D eigenvalue weighted by molar-refractivity contribution is 0.0725. The van der Waals surface area contributed by atoms with Gasteiger partial charge in [-0.15, -0.1) is 0 Å². The maximum Gasteiger partial charge on any atom is 0.0755 e. The highest BCUT2D eigenvalue weighted by Crippen LogP contribution is 2.24. The molecule has 1 aliphatic rings. The molecule has 88 valence electrons. The average molecular weight is 223 g/mol.